The zero-order chi connectivity index (χ0) is 25.3. The molecule has 1 aromatic heterocycles. The number of likely N-dealkylation sites (tertiary alicyclic amines) is 1. The monoisotopic (exact) mass is 489 g/mol. The van der Waals surface area contributed by atoms with Crippen LogP contribution in [0.5, 0.6) is 5.75 Å². The second kappa shape index (κ2) is 9.78. The van der Waals surface area contributed by atoms with Gasteiger partial charge in [-0.1, -0.05) is 47.6 Å². The lowest BCUT2D eigenvalue weighted by Crippen LogP contribution is -2.52. The van der Waals surface area contributed by atoms with Crippen LogP contribution in [0.4, 0.5) is 0 Å². The van der Waals surface area contributed by atoms with Crippen molar-refractivity contribution in [1.82, 2.24) is 15.4 Å². The van der Waals surface area contributed by atoms with E-state index in [9.17, 15) is 9.59 Å². The number of amides is 2. The molecule has 0 unspecified atom stereocenters. The van der Waals surface area contributed by atoms with Crippen molar-refractivity contribution in [3.63, 3.8) is 0 Å². The molecule has 36 heavy (non-hydrogen) atoms. The number of para-hydroxylation sites is 1. The Hall–Kier alpha value is -3.65. The van der Waals surface area contributed by atoms with E-state index in [0.29, 0.717) is 35.9 Å². The Bertz CT molecular complexity index is 1230. The number of fused-ring (bicyclic) bond motifs is 2. The average Bonchev–Trinajstić information content (AvgIpc) is 3.37. The fraction of sp³-hybridized carbons (Fsp3) is 0.393. The Morgan fingerprint density at radius 3 is 2.44 bits per heavy atom. The molecule has 1 fully saturated rings. The number of carbonyl (C=O) groups is 2. The van der Waals surface area contributed by atoms with Gasteiger partial charge in [-0.3, -0.25) is 9.59 Å². The molecule has 5 rings (SSSR count). The summed E-state index contributed by atoms with van der Waals surface area (Å²) in [5, 5.41) is 7.10. The van der Waals surface area contributed by atoms with Crippen LogP contribution in [0.25, 0.3) is 0 Å². The average molecular weight is 490 g/mol. The summed E-state index contributed by atoms with van der Waals surface area (Å²) in [6.45, 7) is 4.63. The van der Waals surface area contributed by atoms with Gasteiger partial charge in [0, 0.05) is 25.6 Å². The number of aromatic nitrogens is 1. The first kappa shape index (κ1) is 24.1. The number of methoxy groups -OCH3 is 1. The van der Waals surface area contributed by atoms with Crippen LogP contribution in [0, 0.1) is 13.8 Å². The van der Waals surface area contributed by atoms with Crippen molar-refractivity contribution in [2.45, 2.75) is 44.2 Å². The maximum absolute atomic E-state index is 13.2. The minimum absolute atomic E-state index is 0.0516. The summed E-state index contributed by atoms with van der Waals surface area (Å²) >= 11 is 0. The molecule has 1 spiro atoms. The summed E-state index contributed by atoms with van der Waals surface area (Å²) in [6, 6.07) is 17.2. The largest absolute Gasteiger partial charge is 0.484 e. The van der Waals surface area contributed by atoms with Gasteiger partial charge in [0.1, 0.15) is 17.1 Å². The zero-order valence-electron chi connectivity index (χ0n) is 20.8. The number of carbonyl (C=O) groups excluding carboxylic acids is 2. The van der Waals surface area contributed by atoms with Crippen LogP contribution in [-0.2, 0) is 14.9 Å². The van der Waals surface area contributed by atoms with Gasteiger partial charge in [-0.25, -0.2) is 0 Å². The van der Waals surface area contributed by atoms with E-state index in [1.165, 1.54) is 5.56 Å². The second-order valence-electron chi connectivity index (χ2n) is 9.54. The van der Waals surface area contributed by atoms with Crippen molar-refractivity contribution in [1.29, 1.82) is 0 Å². The summed E-state index contributed by atoms with van der Waals surface area (Å²) in [7, 11) is 1.69. The Morgan fingerprint density at radius 2 is 1.78 bits per heavy atom. The van der Waals surface area contributed by atoms with Crippen LogP contribution < -0.4 is 10.1 Å². The number of nitrogens with one attached hydrogen (secondary N) is 1. The Morgan fingerprint density at radius 1 is 1.08 bits per heavy atom. The lowest BCUT2D eigenvalue weighted by atomic mass is 9.71. The van der Waals surface area contributed by atoms with Crippen molar-refractivity contribution in [2.75, 3.05) is 26.8 Å². The summed E-state index contributed by atoms with van der Waals surface area (Å²) in [5.74, 6) is 0.932. The highest BCUT2D eigenvalue weighted by molar-refractivity contribution is 5.96. The molecule has 1 N–H and O–H groups in total. The summed E-state index contributed by atoms with van der Waals surface area (Å²) in [6.07, 6.45) is 1.20. The number of rotatable bonds is 6. The van der Waals surface area contributed by atoms with E-state index in [4.69, 9.17) is 14.0 Å². The molecule has 1 saturated heterocycles. The van der Waals surface area contributed by atoms with Crippen LogP contribution >= 0.6 is 0 Å². The lowest BCUT2D eigenvalue weighted by Gasteiger charge is -2.44. The quantitative estimate of drug-likeness (QED) is 0.567. The first-order valence-electron chi connectivity index (χ1n) is 12.3. The van der Waals surface area contributed by atoms with Gasteiger partial charge in [0.2, 0.25) is 0 Å². The third kappa shape index (κ3) is 4.15. The van der Waals surface area contributed by atoms with E-state index < -0.39 is 0 Å². The molecule has 1 aliphatic heterocycles. The number of hydrogen-bond acceptors (Lipinski definition) is 6. The number of aryl methyl sites for hydroxylation is 2. The van der Waals surface area contributed by atoms with E-state index in [1.54, 1.807) is 21.0 Å². The van der Waals surface area contributed by atoms with Crippen molar-refractivity contribution in [3.05, 3.63) is 82.7 Å². The fourth-order valence-corrected chi connectivity index (χ4v) is 5.86. The normalized spacial score (nSPS) is 20.2. The molecule has 188 valence electrons. The highest BCUT2D eigenvalue weighted by atomic mass is 16.5. The number of piperidine rings is 1. The second-order valence-corrected chi connectivity index (χ2v) is 9.54. The topological polar surface area (TPSA) is 93.9 Å². The van der Waals surface area contributed by atoms with Crippen molar-refractivity contribution < 1.29 is 23.6 Å². The van der Waals surface area contributed by atoms with Gasteiger partial charge in [-0.15, -0.1) is 0 Å². The van der Waals surface area contributed by atoms with Gasteiger partial charge in [0.15, 0.2) is 6.61 Å². The number of ether oxygens (including phenoxy) is 2. The molecule has 0 radical (unpaired) electrons. The standard InChI is InChI=1S/C28H31N3O5/c1-18-24(19(2)36-30-18)27(33)31-15-13-28(14-16-31)22-12-8-7-11-21(22)25(26(28)34-3)29-23(32)17-35-20-9-5-4-6-10-20/h4-12,25-26H,13-17H2,1-3H3,(H,29,32)/t25-,26+/m0/s1. The number of hydrogen-bond donors (Lipinski definition) is 1. The predicted octanol–water partition coefficient (Wildman–Crippen LogP) is 3.73. The van der Waals surface area contributed by atoms with Crippen LogP contribution in [0.2, 0.25) is 0 Å². The summed E-state index contributed by atoms with van der Waals surface area (Å²) < 4.78 is 17.0. The molecule has 0 saturated carbocycles. The van der Waals surface area contributed by atoms with E-state index in [1.807, 2.05) is 47.4 Å². The molecular formula is C28H31N3O5. The van der Waals surface area contributed by atoms with Gasteiger partial charge < -0.3 is 24.2 Å². The van der Waals surface area contributed by atoms with Crippen LogP contribution in [0.15, 0.2) is 59.1 Å². The van der Waals surface area contributed by atoms with E-state index in [2.05, 4.69) is 22.6 Å². The Labute approximate surface area is 210 Å². The molecule has 3 aromatic rings. The molecule has 2 heterocycles. The van der Waals surface area contributed by atoms with E-state index >= 15 is 0 Å². The predicted molar refractivity (Wildman–Crippen MR) is 133 cm³/mol. The molecule has 2 aromatic carbocycles. The minimum atomic E-state index is -0.306. The van der Waals surface area contributed by atoms with Crippen molar-refractivity contribution in [3.8, 4) is 5.75 Å². The molecule has 8 heteroatoms. The fourth-order valence-electron chi connectivity index (χ4n) is 5.86. The maximum Gasteiger partial charge on any atom is 0.259 e. The zero-order valence-corrected chi connectivity index (χ0v) is 20.8. The van der Waals surface area contributed by atoms with Crippen LogP contribution in [-0.4, -0.2) is 54.8 Å². The van der Waals surface area contributed by atoms with Crippen molar-refractivity contribution in [2.24, 2.45) is 0 Å². The van der Waals surface area contributed by atoms with Crippen LogP contribution in [0.3, 0.4) is 0 Å². The van der Waals surface area contributed by atoms with Crippen molar-refractivity contribution >= 4 is 11.8 Å². The van der Waals surface area contributed by atoms with Gasteiger partial charge >= 0.3 is 0 Å². The molecule has 2 atom stereocenters. The maximum atomic E-state index is 13.2. The highest BCUT2D eigenvalue weighted by Gasteiger charge is 2.54. The smallest absolute Gasteiger partial charge is 0.259 e. The molecule has 0 bridgehead atoms. The van der Waals surface area contributed by atoms with Crippen LogP contribution in [0.1, 0.15) is 51.8 Å². The molecule has 1 aliphatic carbocycles. The third-order valence-electron chi connectivity index (χ3n) is 7.55. The molecule has 8 nitrogen and oxygen atoms in total. The van der Waals surface area contributed by atoms with E-state index in [0.717, 1.165) is 18.4 Å². The molecular weight excluding hydrogens is 458 g/mol. The highest BCUT2D eigenvalue weighted by Crippen LogP contribution is 2.52. The van der Waals surface area contributed by atoms with Gasteiger partial charge in [-0.2, -0.15) is 0 Å². The summed E-state index contributed by atoms with van der Waals surface area (Å²) in [4.78, 5) is 28.0. The lowest BCUT2D eigenvalue weighted by molar-refractivity contribution is -0.125. The number of nitrogens with zero attached hydrogens (tertiary/aromatic N) is 2. The first-order chi connectivity index (χ1) is 17.4. The van der Waals surface area contributed by atoms with Gasteiger partial charge in [0.25, 0.3) is 11.8 Å². The van der Waals surface area contributed by atoms with Gasteiger partial charge in [-0.05, 0) is 49.9 Å². The SMILES string of the molecule is CO[C@@H]1[C@@H](NC(=O)COc2ccccc2)c2ccccc2C12CCN(C(=O)c1c(C)noc1C)CC2. The first-order valence-corrected chi connectivity index (χ1v) is 12.3. The minimum Gasteiger partial charge on any atom is -0.484 e. The Balaban J connectivity index is 1.34. The van der Waals surface area contributed by atoms with E-state index in [-0.39, 0.29) is 36.0 Å². The third-order valence-corrected chi connectivity index (χ3v) is 7.55. The molecule has 2 aliphatic rings. The molecule has 2 amide bonds. The van der Waals surface area contributed by atoms with Gasteiger partial charge in [0.05, 0.1) is 17.8 Å². The number of benzene rings is 2. The summed E-state index contributed by atoms with van der Waals surface area (Å²) in [5.41, 5.74) is 3.08. The Kier molecular flexibility index (Phi) is 6.53.